The first kappa shape index (κ1) is 17.3. The van der Waals surface area contributed by atoms with Crippen LogP contribution in [0, 0.1) is 5.82 Å². The number of halogens is 1. The highest BCUT2D eigenvalue weighted by Gasteiger charge is 2.11. The predicted octanol–water partition coefficient (Wildman–Crippen LogP) is 2.71. The Kier molecular flexibility index (Phi) is 5.88. The third-order valence-corrected chi connectivity index (χ3v) is 4.30. The number of nitrogens with one attached hydrogen (secondary N) is 2. The van der Waals surface area contributed by atoms with Crippen LogP contribution in [0.25, 0.3) is 0 Å². The van der Waals surface area contributed by atoms with Crippen LogP contribution >= 0.6 is 0 Å². The Balaban J connectivity index is 1.39. The molecule has 2 aromatic rings. The summed E-state index contributed by atoms with van der Waals surface area (Å²) < 4.78 is 18.4. The summed E-state index contributed by atoms with van der Waals surface area (Å²) in [6.07, 6.45) is 2.76. The Morgan fingerprint density at radius 2 is 1.72 bits per heavy atom. The zero-order valence-corrected chi connectivity index (χ0v) is 14.5. The molecule has 0 atom stereocenters. The van der Waals surface area contributed by atoms with Crippen LogP contribution in [0.2, 0.25) is 0 Å². The zero-order chi connectivity index (χ0) is 17.5. The second-order valence-corrected chi connectivity index (χ2v) is 6.09. The number of benzene rings is 2. The van der Waals surface area contributed by atoms with Crippen molar-refractivity contribution in [3.63, 3.8) is 0 Å². The Labute approximate surface area is 148 Å². The molecule has 0 radical (unpaired) electrons. The minimum Gasteiger partial charge on any atom is -0.493 e. The molecule has 4 nitrogen and oxygen atoms in total. The molecular weight excluding hydrogens is 317 g/mol. The first-order valence-corrected chi connectivity index (χ1v) is 8.68. The average molecular weight is 341 g/mol. The normalized spacial score (nSPS) is 13.3. The summed E-state index contributed by atoms with van der Waals surface area (Å²) in [5, 5.41) is 6.61. The van der Waals surface area contributed by atoms with Gasteiger partial charge in [0.1, 0.15) is 11.6 Å². The molecule has 0 amide bonds. The molecule has 5 heteroatoms. The number of ether oxygens (including phenoxy) is 1. The van der Waals surface area contributed by atoms with Crippen LogP contribution in [0.5, 0.6) is 5.75 Å². The summed E-state index contributed by atoms with van der Waals surface area (Å²) in [6.45, 7) is 2.36. The van der Waals surface area contributed by atoms with Gasteiger partial charge in [0, 0.05) is 26.6 Å². The van der Waals surface area contributed by atoms with Crippen molar-refractivity contribution in [1.82, 2.24) is 10.6 Å². The maximum atomic E-state index is 12.9. The standard InChI is InChI=1S/C20H24FN3O/c1-22-20(23-11-8-15-2-5-18(21)6-3-15)24-12-9-16-4-7-19-17(14-16)10-13-25-19/h2-7,14H,8-13H2,1H3,(H2,22,23,24). The van der Waals surface area contributed by atoms with Crippen molar-refractivity contribution in [3.05, 3.63) is 65.0 Å². The molecule has 0 aliphatic carbocycles. The summed E-state index contributed by atoms with van der Waals surface area (Å²) in [7, 11) is 1.76. The molecule has 0 saturated heterocycles. The number of hydrogen-bond acceptors (Lipinski definition) is 2. The molecule has 3 rings (SSSR count). The van der Waals surface area contributed by atoms with Crippen LogP contribution in [0.15, 0.2) is 47.5 Å². The predicted molar refractivity (Wildman–Crippen MR) is 98.8 cm³/mol. The van der Waals surface area contributed by atoms with Crippen LogP contribution in [-0.4, -0.2) is 32.7 Å². The average Bonchev–Trinajstić information content (AvgIpc) is 3.10. The Morgan fingerprint density at radius 1 is 1.04 bits per heavy atom. The van der Waals surface area contributed by atoms with Gasteiger partial charge in [0.25, 0.3) is 0 Å². The minimum absolute atomic E-state index is 0.202. The molecule has 132 valence electrons. The second-order valence-electron chi connectivity index (χ2n) is 6.09. The highest BCUT2D eigenvalue weighted by atomic mass is 19.1. The fraction of sp³-hybridized carbons (Fsp3) is 0.350. The maximum Gasteiger partial charge on any atom is 0.190 e. The van der Waals surface area contributed by atoms with E-state index in [0.29, 0.717) is 0 Å². The van der Waals surface area contributed by atoms with Crippen molar-refractivity contribution < 1.29 is 9.13 Å². The van der Waals surface area contributed by atoms with E-state index >= 15 is 0 Å². The van der Waals surface area contributed by atoms with Gasteiger partial charge >= 0.3 is 0 Å². The van der Waals surface area contributed by atoms with Gasteiger partial charge in [0.2, 0.25) is 0 Å². The third-order valence-electron chi connectivity index (χ3n) is 4.30. The van der Waals surface area contributed by atoms with E-state index in [-0.39, 0.29) is 5.82 Å². The number of aliphatic imine (C=N–C) groups is 1. The lowest BCUT2D eigenvalue weighted by atomic mass is 10.1. The van der Waals surface area contributed by atoms with Gasteiger partial charge in [0.15, 0.2) is 5.96 Å². The van der Waals surface area contributed by atoms with E-state index in [0.717, 1.165) is 56.2 Å². The lowest BCUT2D eigenvalue weighted by molar-refractivity contribution is 0.357. The SMILES string of the molecule is CN=C(NCCc1ccc(F)cc1)NCCc1ccc2c(c1)CCO2. The van der Waals surface area contributed by atoms with Gasteiger partial charge in [-0.1, -0.05) is 24.3 Å². The smallest absolute Gasteiger partial charge is 0.190 e. The van der Waals surface area contributed by atoms with E-state index < -0.39 is 0 Å². The molecule has 0 fully saturated rings. The van der Waals surface area contributed by atoms with Gasteiger partial charge in [0.05, 0.1) is 6.61 Å². The lowest BCUT2D eigenvalue weighted by Gasteiger charge is -2.12. The number of fused-ring (bicyclic) bond motifs is 1. The molecule has 2 aromatic carbocycles. The van der Waals surface area contributed by atoms with Gasteiger partial charge in [-0.15, -0.1) is 0 Å². The fourth-order valence-corrected chi connectivity index (χ4v) is 2.92. The first-order chi connectivity index (χ1) is 12.2. The molecule has 0 bridgehead atoms. The highest BCUT2D eigenvalue weighted by Crippen LogP contribution is 2.25. The minimum atomic E-state index is -0.202. The lowest BCUT2D eigenvalue weighted by Crippen LogP contribution is -2.39. The van der Waals surface area contributed by atoms with Crippen LogP contribution in [0.1, 0.15) is 16.7 Å². The third kappa shape index (κ3) is 4.95. The van der Waals surface area contributed by atoms with Gasteiger partial charge in [-0.3, -0.25) is 4.99 Å². The van der Waals surface area contributed by atoms with Crippen molar-refractivity contribution >= 4 is 5.96 Å². The maximum absolute atomic E-state index is 12.9. The quantitative estimate of drug-likeness (QED) is 0.627. The van der Waals surface area contributed by atoms with E-state index in [2.05, 4.69) is 33.8 Å². The van der Waals surface area contributed by atoms with Crippen molar-refractivity contribution in [2.75, 3.05) is 26.7 Å². The number of nitrogens with zero attached hydrogens (tertiary/aromatic N) is 1. The zero-order valence-electron chi connectivity index (χ0n) is 14.5. The van der Waals surface area contributed by atoms with E-state index in [1.807, 2.05) is 12.1 Å². The van der Waals surface area contributed by atoms with Crippen molar-refractivity contribution in [2.24, 2.45) is 4.99 Å². The monoisotopic (exact) mass is 341 g/mol. The van der Waals surface area contributed by atoms with Crippen LogP contribution in [0.4, 0.5) is 4.39 Å². The molecule has 0 unspecified atom stereocenters. The molecule has 1 aliphatic rings. The van der Waals surface area contributed by atoms with Crippen molar-refractivity contribution in [1.29, 1.82) is 0 Å². The first-order valence-electron chi connectivity index (χ1n) is 8.68. The van der Waals surface area contributed by atoms with E-state index in [1.165, 1.54) is 23.3 Å². The molecule has 25 heavy (non-hydrogen) atoms. The summed E-state index contributed by atoms with van der Waals surface area (Å²) in [6, 6.07) is 13.0. The van der Waals surface area contributed by atoms with Gasteiger partial charge in [-0.05, 0) is 47.7 Å². The Bertz CT molecular complexity index is 728. The highest BCUT2D eigenvalue weighted by molar-refractivity contribution is 5.79. The van der Waals surface area contributed by atoms with Crippen LogP contribution < -0.4 is 15.4 Å². The topological polar surface area (TPSA) is 45.7 Å². The molecule has 1 aliphatic heterocycles. The molecule has 0 aromatic heterocycles. The summed E-state index contributed by atoms with van der Waals surface area (Å²) in [5.41, 5.74) is 3.71. The van der Waals surface area contributed by atoms with Crippen LogP contribution in [-0.2, 0) is 19.3 Å². The van der Waals surface area contributed by atoms with Gasteiger partial charge < -0.3 is 15.4 Å². The Morgan fingerprint density at radius 3 is 2.44 bits per heavy atom. The number of rotatable bonds is 6. The van der Waals surface area contributed by atoms with E-state index in [4.69, 9.17) is 4.74 Å². The largest absolute Gasteiger partial charge is 0.493 e. The summed E-state index contributed by atoms with van der Waals surface area (Å²) in [5.74, 6) is 1.61. The molecule has 0 spiro atoms. The van der Waals surface area contributed by atoms with Gasteiger partial charge in [-0.25, -0.2) is 4.39 Å². The van der Waals surface area contributed by atoms with Gasteiger partial charge in [-0.2, -0.15) is 0 Å². The van der Waals surface area contributed by atoms with Crippen molar-refractivity contribution in [2.45, 2.75) is 19.3 Å². The van der Waals surface area contributed by atoms with E-state index in [1.54, 1.807) is 7.05 Å². The molecule has 1 heterocycles. The van der Waals surface area contributed by atoms with E-state index in [9.17, 15) is 4.39 Å². The van der Waals surface area contributed by atoms with Crippen LogP contribution in [0.3, 0.4) is 0 Å². The molecular formula is C20H24FN3O. The van der Waals surface area contributed by atoms with Crippen molar-refractivity contribution in [3.8, 4) is 5.75 Å². The second kappa shape index (κ2) is 8.51. The molecule has 2 N–H and O–H groups in total. The summed E-state index contributed by atoms with van der Waals surface area (Å²) in [4.78, 5) is 4.24. The summed E-state index contributed by atoms with van der Waals surface area (Å²) >= 11 is 0. The fourth-order valence-electron chi connectivity index (χ4n) is 2.92. The number of guanidine groups is 1. The Hall–Kier alpha value is -2.56. The molecule has 0 saturated carbocycles. The number of hydrogen-bond donors (Lipinski definition) is 2.